The number of unbranched alkanes of at least 4 members (excludes halogenated alkanes) is 1. The fraction of sp³-hybridized carbons (Fsp3) is 0.562. The van der Waals surface area contributed by atoms with E-state index < -0.39 is 5.97 Å². The molecule has 1 aliphatic rings. The summed E-state index contributed by atoms with van der Waals surface area (Å²) in [6.45, 7) is 4.04. The van der Waals surface area contributed by atoms with Crippen LogP contribution in [0.25, 0.3) is 0 Å². The van der Waals surface area contributed by atoms with Gasteiger partial charge in [-0.2, -0.15) is 0 Å². The predicted octanol–water partition coefficient (Wildman–Crippen LogP) is 3.16. The average Bonchev–Trinajstić information content (AvgIpc) is 3.27. The Bertz CT molecular complexity index is 469. The Morgan fingerprint density at radius 3 is 2.75 bits per heavy atom. The highest BCUT2D eigenvalue weighted by molar-refractivity contribution is 5.88. The number of hydrogen-bond acceptors (Lipinski definition) is 3. The molecular formula is C16H23NO3. The fourth-order valence-electron chi connectivity index (χ4n) is 2.45. The van der Waals surface area contributed by atoms with Gasteiger partial charge in [0.2, 0.25) is 0 Å². The molecule has 110 valence electrons. The first-order chi connectivity index (χ1) is 9.65. The van der Waals surface area contributed by atoms with Crippen LogP contribution in [0.4, 0.5) is 0 Å². The summed E-state index contributed by atoms with van der Waals surface area (Å²) >= 11 is 0. The number of carbonyl (C=O) groups is 1. The van der Waals surface area contributed by atoms with Crippen molar-refractivity contribution in [2.24, 2.45) is 0 Å². The molecule has 0 aliphatic heterocycles. The van der Waals surface area contributed by atoms with Crippen LogP contribution in [0, 0.1) is 0 Å². The van der Waals surface area contributed by atoms with Gasteiger partial charge < -0.3 is 9.84 Å². The molecule has 4 nitrogen and oxygen atoms in total. The highest BCUT2D eigenvalue weighted by Gasteiger charge is 2.29. The van der Waals surface area contributed by atoms with E-state index >= 15 is 0 Å². The molecule has 0 radical (unpaired) electrons. The summed E-state index contributed by atoms with van der Waals surface area (Å²) < 4.78 is 5.37. The third-order valence-corrected chi connectivity index (χ3v) is 3.76. The molecule has 20 heavy (non-hydrogen) atoms. The number of carboxylic acids is 1. The lowest BCUT2D eigenvalue weighted by molar-refractivity contribution is 0.0696. The summed E-state index contributed by atoms with van der Waals surface area (Å²) in [5.41, 5.74) is 1.29. The van der Waals surface area contributed by atoms with Gasteiger partial charge in [0.1, 0.15) is 5.75 Å². The van der Waals surface area contributed by atoms with Crippen LogP contribution in [0.3, 0.4) is 0 Å². The van der Waals surface area contributed by atoms with E-state index in [0.717, 1.165) is 24.4 Å². The van der Waals surface area contributed by atoms with Gasteiger partial charge in [0.25, 0.3) is 0 Å². The number of nitrogens with zero attached hydrogens (tertiary/aromatic N) is 1. The number of methoxy groups -OCH3 is 1. The Balaban J connectivity index is 2.16. The van der Waals surface area contributed by atoms with Gasteiger partial charge in [0.15, 0.2) is 0 Å². The minimum atomic E-state index is -0.888. The van der Waals surface area contributed by atoms with Crippen molar-refractivity contribution in [1.82, 2.24) is 4.90 Å². The second-order valence-electron chi connectivity index (χ2n) is 5.39. The summed E-state index contributed by atoms with van der Waals surface area (Å²) in [6.07, 6.45) is 4.86. The van der Waals surface area contributed by atoms with Crippen molar-refractivity contribution in [3.8, 4) is 5.75 Å². The second-order valence-corrected chi connectivity index (χ2v) is 5.39. The molecule has 0 spiro atoms. The molecule has 0 unspecified atom stereocenters. The van der Waals surface area contributed by atoms with E-state index in [2.05, 4.69) is 11.8 Å². The third kappa shape index (κ3) is 3.73. The molecule has 0 bridgehead atoms. The molecule has 1 N–H and O–H groups in total. The van der Waals surface area contributed by atoms with Crippen LogP contribution in [-0.4, -0.2) is 35.7 Å². The summed E-state index contributed by atoms with van der Waals surface area (Å²) in [4.78, 5) is 13.6. The van der Waals surface area contributed by atoms with Gasteiger partial charge in [-0.15, -0.1) is 0 Å². The van der Waals surface area contributed by atoms with Crippen molar-refractivity contribution in [3.05, 3.63) is 29.3 Å². The SMILES string of the molecule is CCCCN(Cc1cc(C(=O)O)ccc1OC)C1CC1. The Morgan fingerprint density at radius 2 is 2.20 bits per heavy atom. The Hall–Kier alpha value is -1.55. The largest absolute Gasteiger partial charge is 0.496 e. The van der Waals surface area contributed by atoms with E-state index in [0.29, 0.717) is 11.6 Å². The molecule has 0 amide bonds. The smallest absolute Gasteiger partial charge is 0.335 e. The summed E-state index contributed by atoms with van der Waals surface area (Å²) in [5.74, 6) is -0.113. The van der Waals surface area contributed by atoms with Gasteiger partial charge in [0.05, 0.1) is 12.7 Å². The molecule has 1 fully saturated rings. The zero-order chi connectivity index (χ0) is 14.5. The van der Waals surface area contributed by atoms with Crippen LogP contribution in [0.15, 0.2) is 18.2 Å². The third-order valence-electron chi connectivity index (χ3n) is 3.76. The van der Waals surface area contributed by atoms with Crippen molar-refractivity contribution >= 4 is 5.97 Å². The topological polar surface area (TPSA) is 49.8 Å². The maximum Gasteiger partial charge on any atom is 0.335 e. The quantitative estimate of drug-likeness (QED) is 0.793. The maximum atomic E-state index is 11.1. The van der Waals surface area contributed by atoms with Gasteiger partial charge in [0, 0.05) is 18.2 Å². The normalized spacial score (nSPS) is 14.6. The summed E-state index contributed by atoms with van der Waals surface area (Å²) in [5, 5.41) is 9.12. The molecule has 1 aromatic rings. The maximum absolute atomic E-state index is 11.1. The predicted molar refractivity (Wildman–Crippen MR) is 78.3 cm³/mol. The molecule has 1 saturated carbocycles. The van der Waals surface area contributed by atoms with E-state index in [9.17, 15) is 4.79 Å². The highest BCUT2D eigenvalue weighted by Crippen LogP contribution is 2.31. The number of rotatable bonds is 8. The standard InChI is InChI=1S/C16H23NO3/c1-3-4-9-17(14-6-7-14)11-13-10-12(16(18)19)5-8-15(13)20-2/h5,8,10,14H,3-4,6-7,9,11H2,1-2H3,(H,18,19). The number of aromatic carboxylic acids is 1. The Morgan fingerprint density at radius 1 is 1.45 bits per heavy atom. The van der Waals surface area contributed by atoms with Crippen LogP contribution in [-0.2, 0) is 6.54 Å². The molecule has 4 heteroatoms. The second kappa shape index (κ2) is 6.75. The molecule has 0 aromatic heterocycles. The van der Waals surface area contributed by atoms with Gasteiger partial charge in [-0.25, -0.2) is 4.79 Å². The minimum Gasteiger partial charge on any atom is -0.496 e. The lowest BCUT2D eigenvalue weighted by Crippen LogP contribution is -2.27. The number of carboxylic acid groups (broad SMARTS) is 1. The molecule has 0 saturated heterocycles. The van der Waals surface area contributed by atoms with Crippen LogP contribution >= 0.6 is 0 Å². The van der Waals surface area contributed by atoms with Gasteiger partial charge in [-0.3, -0.25) is 4.90 Å². The molecular weight excluding hydrogens is 254 g/mol. The lowest BCUT2D eigenvalue weighted by atomic mass is 10.1. The first-order valence-corrected chi connectivity index (χ1v) is 7.30. The fourth-order valence-corrected chi connectivity index (χ4v) is 2.45. The first kappa shape index (κ1) is 14.9. The molecule has 1 aliphatic carbocycles. The summed E-state index contributed by atoms with van der Waals surface area (Å²) in [7, 11) is 1.63. The van der Waals surface area contributed by atoms with E-state index in [-0.39, 0.29) is 0 Å². The number of ether oxygens (including phenoxy) is 1. The monoisotopic (exact) mass is 277 g/mol. The first-order valence-electron chi connectivity index (χ1n) is 7.30. The van der Waals surface area contributed by atoms with Crippen LogP contribution in [0.2, 0.25) is 0 Å². The van der Waals surface area contributed by atoms with Crippen molar-refractivity contribution in [2.75, 3.05) is 13.7 Å². The van der Waals surface area contributed by atoms with Crippen molar-refractivity contribution in [2.45, 2.75) is 45.2 Å². The van der Waals surface area contributed by atoms with E-state index in [1.807, 2.05) is 0 Å². The van der Waals surface area contributed by atoms with Crippen LogP contribution in [0.1, 0.15) is 48.5 Å². The van der Waals surface area contributed by atoms with Crippen LogP contribution < -0.4 is 4.74 Å². The molecule has 1 aromatic carbocycles. The zero-order valence-corrected chi connectivity index (χ0v) is 12.3. The van der Waals surface area contributed by atoms with E-state index in [4.69, 9.17) is 9.84 Å². The summed E-state index contributed by atoms with van der Waals surface area (Å²) in [6, 6.07) is 5.75. The minimum absolute atomic E-state index is 0.326. The highest BCUT2D eigenvalue weighted by atomic mass is 16.5. The Kier molecular flexibility index (Phi) is 5.01. The van der Waals surface area contributed by atoms with Crippen molar-refractivity contribution in [1.29, 1.82) is 0 Å². The molecule has 0 atom stereocenters. The van der Waals surface area contributed by atoms with Gasteiger partial charge in [-0.05, 0) is 44.0 Å². The average molecular weight is 277 g/mol. The van der Waals surface area contributed by atoms with Crippen molar-refractivity contribution < 1.29 is 14.6 Å². The lowest BCUT2D eigenvalue weighted by Gasteiger charge is -2.23. The van der Waals surface area contributed by atoms with Crippen LogP contribution in [0.5, 0.6) is 5.75 Å². The van der Waals surface area contributed by atoms with Gasteiger partial charge >= 0.3 is 5.97 Å². The zero-order valence-electron chi connectivity index (χ0n) is 12.3. The van der Waals surface area contributed by atoms with E-state index in [1.54, 1.807) is 25.3 Å². The number of benzene rings is 1. The molecule has 0 heterocycles. The van der Waals surface area contributed by atoms with E-state index in [1.165, 1.54) is 25.7 Å². The Labute approximate surface area is 120 Å². The van der Waals surface area contributed by atoms with Gasteiger partial charge in [-0.1, -0.05) is 13.3 Å². The number of hydrogen-bond donors (Lipinski definition) is 1. The van der Waals surface area contributed by atoms with Crippen molar-refractivity contribution in [3.63, 3.8) is 0 Å². The molecule has 2 rings (SSSR count).